The molecule has 1 unspecified atom stereocenters. The Morgan fingerprint density at radius 1 is 1.33 bits per heavy atom. The van der Waals surface area contributed by atoms with Crippen LogP contribution in [0.3, 0.4) is 0 Å². The Kier molecular flexibility index (Phi) is 4.60. The van der Waals surface area contributed by atoms with E-state index in [1.54, 1.807) is 0 Å². The fraction of sp³-hybridized carbons (Fsp3) is 0.462. The highest BCUT2D eigenvalue weighted by Gasteiger charge is 2.11. The number of halogens is 1. The summed E-state index contributed by atoms with van der Waals surface area (Å²) in [5.41, 5.74) is 2.05. The highest BCUT2D eigenvalue weighted by Crippen LogP contribution is 2.18. The number of hydrogen-bond donors (Lipinski definition) is 2. The van der Waals surface area contributed by atoms with Crippen LogP contribution in [0.15, 0.2) is 24.3 Å². The molecular formula is C13H18BrN3O. The number of rotatable bonds is 3. The summed E-state index contributed by atoms with van der Waals surface area (Å²) in [4.78, 5) is 13.7. The van der Waals surface area contributed by atoms with Crippen molar-refractivity contribution in [2.24, 2.45) is 0 Å². The monoisotopic (exact) mass is 311 g/mol. The zero-order valence-corrected chi connectivity index (χ0v) is 12.0. The number of nitrogens with one attached hydrogen (secondary N) is 2. The van der Waals surface area contributed by atoms with Crippen molar-refractivity contribution in [3.63, 3.8) is 0 Å². The molecule has 0 radical (unpaired) electrons. The van der Waals surface area contributed by atoms with E-state index in [1.807, 2.05) is 19.1 Å². The van der Waals surface area contributed by atoms with Gasteiger partial charge in [0.2, 0.25) is 5.91 Å². The van der Waals surface area contributed by atoms with Crippen LogP contribution in [-0.4, -0.2) is 36.9 Å². The first-order valence-corrected chi connectivity index (χ1v) is 7.09. The number of piperazine rings is 1. The van der Waals surface area contributed by atoms with Gasteiger partial charge in [-0.15, -0.1) is 0 Å². The number of nitrogens with zero attached hydrogens (tertiary/aromatic N) is 1. The number of carbonyl (C=O) groups excluding carboxylic acids is 1. The Balaban J connectivity index is 1.98. The Bertz CT molecular complexity index is 399. The van der Waals surface area contributed by atoms with Crippen molar-refractivity contribution < 1.29 is 4.79 Å². The number of benzene rings is 1. The second kappa shape index (κ2) is 6.20. The molecule has 1 heterocycles. The fourth-order valence-corrected chi connectivity index (χ4v) is 2.03. The standard InChI is InChI=1S/C13H18BrN3O/c1-10(14)13(18)16-11-2-4-12(5-3-11)17-8-6-15-7-9-17/h2-5,10,15H,6-9H2,1H3,(H,16,18). The van der Waals surface area contributed by atoms with Crippen molar-refractivity contribution in [3.05, 3.63) is 24.3 Å². The molecule has 1 aromatic carbocycles. The Morgan fingerprint density at radius 2 is 1.94 bits per heavy atom. The molecule has 1 aromatic rings. The third-order valence-electron chi connectivity index (χ3n) is 2.98. The van der Waals surface area contributed by atoms with E-state index in [2.05, 4.69) is 43.6 Å². The van der Waals surface area contributed by atoms with Crippen molar-refractivity contribution in [2.45, 2.75) is 11.8 Å². The molecule has 1 aliphatic heterocycles. The first kappa shape index (κ1) is 13.4. The quantitative estimate of drug-likeness (QED) is 0.837. The molecule has 98 valence electrons. The van der Waals surface area contributed by atoms with Gasteiger partial charge in [0.1, 0.15) is 0 Å². The van der Waals surface area contributed by atoms with Gasteiger partial charge in [0, 0.05) is 37.6 Å². The van der Waals surface area contributed by atoms with Crippen LogP contribution in [0, 0.1) is 0 Å². The third kappa shape index (κ3) is 3.46. The predicted molar refractivity (Wildman–Crippen MR) is 78.5 cm³/mol. The van der Waals surface area contributed by atoms with Gasteiger partial charge in [-0.1, -0.05) is 15.9 Å². The van der Waals surface area contributed by atoms with Crippen LogP contribution in [0.2, 0.25) is 0 Å². The molecule has 2 rings (SSSR count). The van der Waals surface area contributed by atoms with Gasteiger partial charge in [0.05, 0.1) is 4.83 Å². The maximum Gasteiger partial charge on any atom is 0.237 e. The maximum absolute atomic E-state index is 11.5. The average molecular weight is 312 g/mol. The molecule has 0 aliphatic carbocycles. The third-order valence-corrected chi connectivity index (χ3v) is 3.39. The molecule has 4 nitrogen and oxygen atoms in total. The first-order valence-electron chi connectivity index (χ1n) is 6.17. The minimum absolute atomic E-state index is 0.0232. The summed E-state index contributed by atoms with van der Waals surface area (Å²) in [5, 5.41) is 6.19. The van der Waals surface area contributed by atoms with Crippen LogP contribution in [0.4, 0.5) is 11.4 Å². The van der Waals surface area contributed by atoms with Gasteiger partial charge < -0.3 is 15.5 Å². The number of amides is 1. The molecule has 1 fully saturated rings. The van der Waals surface area contributed by atoms with Gasteiger partial charge in [0.15, 0.2) is 0 Å². The summed E-state index contributed by atoms with van der Waals surface area (Å²) >= 11 is 3.25. The molecule has 2 N–H and O–H groups in total. The number of anilines is 2. The Morgan fingerprint density at radius 3 is 2.50 bits per heavy atom. The van der Waals surface area contributed by atoms with E-state index in [0.29, 0.717) is 0 Å². The van der Waals surface area contributed by atoms with Crippen LogP contribution in [0.25, 0.3) is 0 Å². The van der Waals surface area contributed by atoms with E-state index in [-0.39, 0.29) is 10.7 Å². The van der Waals surface area contributed by atoms with Crippen LogP contribution < -0.4 is 15.5 Å². The predicted octanol–water partition coefficient (Wildman–Crippen LogP) is 1.82. The summed E-state index contributed by atoms with van der Waals surface area (Å²) in [5.74, 6) is -0.0232. The topological polar surface area (TPSA) is 44.4 Å². The molecule has 1 amide bonds. The van der Waals surface area contributed by atoms with Crippen molar-refractivity contribution in [2.75, 3.05) is 36.4 Å². The summed E-state index contributed by atoms with van der Waals surface area (Å²) in [7, 11) is 0. The van der Waals surface area contributed by atoms with Gasteiger partial charge in [-0.05, 0) is 31.2 Å². The fourth-order valence-electron chi connectivity index (χ4n) is 1.92. The zero-order valence-electron chi connectivity index (χ0n) is 10.4. The van der Waals surface area contributed by atoms with Gasteiger partial charge in [0.25, 0.3) is 0 Å². The van der Waals surface area contributed by atoms with E-state index >= 15 is 0 Å². The summed E-state index contributed by atoms with van der Waals surface area (Å²) in [6.07, 6.45) is 0. The largest absolute Gasteiger partial charge is 0.369 e. The Hall–Kier alpha value is -1.07. The normalized spacial score (nSPS) is 17.3. The zero-order chi connectivity index (χ0) is 13.0. The SMILES string of the molecule is CC(Br)C(=O)Nc1ccc(N2CCNCC2)cc1. The number of alkyl halides is 1. The first-order chi connectivity index (χ1) is 8.66. The van der Waals surface area contributed by atoms with E-state index in [0.717, 1.165) is 31.9 Å². The van der Waals surface area contributed by atoms with Crippen molar-refractivity contribution in [1.29, 1.82) is 0 Å². The summed E-state index contributed by atoms with van der Waals surface area (Å²) in [6.45, 7) is 5.93. The number of carbonyl (C=O) groups is 1. The van der Waals surface area contributed by atoms with E-state index < -0.39 is 0 Å². The lowest BCUT2D eigenvalue weighted by molar-refractivity contribution is -0.115. The summed E-state index contributed by atoms with van der Waals surface area (Å²) < 4.78 is 0. The second-order valence-corrected chi connectivity index (χ2v) is 5.76. The van der Waals surface area contributed by atoms with Crippen LogP contribution in [0.5, 0.6) is 0 Å². The lowest BCUT2D eigenvalue weighted by Gasteiger charge is -2.29. The summed E-state index contributed by atoms with van der Waals surface area (Å²) in [6, 6.07) is 8.01. The molecule has 1 atom stereocenters. The molecule has 0 spiro atoms. The smallest absolute Gasteiger partial charge is 0.237 e. The van der Waals surface area contributed by atoms with Crippen LogP contribution in [-0.2, 0) is 4.79 Å². The van der Waals surface area contributed by atoms with E-state index in [4.69, 9.17) is 0 Å². The highest BCUT2D eigenvalue weighted by molar-refractivity contribution is 9.10. The van der Waals surface area contributed by atoms with Gasteiger partial charge in [-0.3, -0.25) is 4.79 Å². The van der Waals surface area contributed by atoms with E-state index in [1.165, 1.54) is 5.69 Å². The maximum atomic E-state index is 11.5. The van der Waals surface area contributed by atoms with Crippen LogP contribution in [0.1, 0.15) is 6.92 Å². The molecule has 5 heteroatoms. The van der Waals surface area contributed by atoms with Crippen LogP contribution >= 0.6 is 15.9 Å². The molecular weight excluding hydrogens is 294 g/mol. The average Bonchev–Trinajstić information content (AvgIpc) is 2.40. The van der Waals surface area contributed by atoms with Crippen molar-refractivity contribution in [1.82, 2.24) is 5.32 Å². The lowest BCUT2D eigenvalue weighted by Crippen LogP contribution is -2.43. The van der Waals surface area contributed by atoms with Gasteiger partial charge >= 0.3 is 0 Å². The molecule has 18 heavy (non-hydrogen) atoms. The molecule has 0 saturated carbocycles. The van der Waals surface area contributed by atoms with Gasteiger partial charge in [-0.2, -0.15) is 0 Å². The van der Waals surface area contributed by atoms with E-state index in [9.17, 15) is 4.79 Å². The molecule has 1 saturated heterocycles. The minimum Gasteiger partial charge on any atom is -0.369 e. The van der Waals surface area contributed by atoms with Crippen molar-refractivity contribution >= 4 is 33.2 Å². The van der Waals surface area contributed by atoms with Gasteiger partial charge in [-0.25, -0.2) is 0 Å². The minimum atomic E-state index is -0.176. The highest BCUT2D eigenvalue weighted by atomic mass is 79.9. The lowest BCUT2D eigenvalue weighted by atomic mass is 10.2. The molecule has 0 aromatic heterocycles. The number of hydrogen-bond acceptors (Lipinski definition) is 3. The molecule has 0 bridgehead atoms. The van der Waals surface area contributed by atoms with Crippen molar-refractivity contribution in [3.8, 4) is 0 Å². The molecule has 1 aliphatic rings. The second-order valence-electron chi connectivity index (χ2n) is 4.39. The Labute approximate surface area is 116 Å².